The maximum Gasteiger partial charge on any atom is 0.318 e. The zero-order chi connectivity index (χ0) is 38.5. The lowest BCUT2D eigenvalue weighted by molar-refractivity contribution is -0.104. The lowest BCUT2D eigenvalue weighted by atomic mass is 10.0. The Kier molecular flexibility index (Phi) is 11.7. The van der Waals surface area contributed by atoms with E-state index in [0.29, 0.717) is 43.6 Å². The third-order valence-electron chi connectivity index (χ3n) is 9.48. The Bertz CT molecular complexity index is 2210. The molecule has 282 valence electrons. The fourth-order valence-electron chi connectivity index (χ4n) is 7.15. The van der Waals surface area contributed by atoms with Crippen molar-refractivity contribution in [3.8, 4) is 29.2 Å². The van der Waals surface area contributed by atoms with Crippen LogP contribution in [0.5, 0.6) is 11.9 Å². The molecule has 0 aliphatic carbocycles. The Morgan fingerprint density at radius 2 is 2.02 bits per heavy atom. The van der Waals surface area contributed by atoms with Crippen LogP contribution in [-0.2, 0) is 4.79 Å². The number of nitrogens with two attached hydrogens (primary N) is 2. The first kappa shape index (κ1) is 38.2. The minimum absolute atomic E-state index is 0.0451. The summed E-state index contributed by atoms with van der Waals surface area (Å²) in [6.07, 6.45) is 6.25. The van der Waals surface area contributed by atoms with Crippen LogP contribution in [0.15, 0.2) is 43.1 Å². The van der Waals surface area contributed by atoms with Crippen LogP contribution in [0.4, 0.5) is 29.8 Å². The average molecular weight is 761 g/mol. The smallest absolute Gasteiger partial charge is 0.318 e. The van der Waals surface area contributed by atoms with Crippen LogP contribution in [0, 0.1) is 23.0 Å². The van der Waals surface area contributed by atoms with Crippen LogP contribution in [0.1, 0.15) is 36.4 Å². The summed E-state index contributed by atoms with van der Waals surface area (Å²) in [7, 11) is 3.19. The summed E-state index contributed by atoms with van der Waals surface area (Å²) in [6, 6.07) is 8.38. The summed E-state index contributed by atoms with van der Waals surface area (Å²) in [5.74, 6) is -0.632. The van der Waals surface area contributed by atoms with E-state index in [0.717, 1.165) is 29.9 Å². The van der Waals surface area contributed by atoms with Crippen molar-refractivity contribution in [2.24, 2.45) is 0 Å². The third kappa shape index (κ3) is 7.32. The summed E-state index contributed by atoms with van der Waals surface area (Å²) in [6.45, 7) is 5.93. The molecular formula is C37H39F3N10O3S. The minimum Gasteiger partial charge on any atom is -0.475 e. The highest BCUT2D eigenvalue weighted by molar-refractivity contribution is 7.23. The topological polar surface area (TPSA) is 181 Å². The van der Waals surface area contributed by atoms with Gasteiger partial charge in [0.2, 0.25) is 5.88 Å². The van der Waals surface area contributed by atoms with Crippen LogP contribution < -0.4 is 31.2 Å². The fourth-order valence-corrected chi connectivity index (χ4v) is 8.10. The maximum atomic E-state index is 16.5. The van der Waals surface area contributed by atoms with Gasteiger partial charge in [0, 0.05) is 41.8 Å². The van der Waals surface area contributed by atoms with Gasteiger partial charge in [-0.2, -0.15) is 15.2 Å². The number of hydrogen-bond donors (Lipinski definition) is 3. The number of nitriles is 1. The van der Waals surface area contributed by atoms with E-state index in [1.807, 2.05) is 24.1 Å². The Hall–Kier alpha value is -5.57. The first-order chi connectivity index (χ1) is 26.1. The predicted octanol–water partition coefficient (Wildman–Crippen LogP) is 5.35. The average Bonchev–Trinajstić information content (AvgIpc) is 3.83. The summed E-state index contributed by atoms with van der Waals surface area (Å²) >= 11 is 0.914. The van der Waals surface area contributed by atoms with E-state index in [2.05, 4.69) is 36.7 Å². The lowest BCUT2D eigenvalue weighted by Gasteiger charge is -2.32. The van der Waals surface area contributed by atoms with Crippen LogP contribution in [0.25, 0.3) is 32.2 Å². The first-order valence-electron chi connectivity index (χ1n) is 17.2. The summed E-state index contributed by atoms with van der Waals surface area (Å²) in [5.41, 5.74) is 12.9. The summed E-state index contributed by atoms with van der Waals surface area (Å²) in [5, 5.41) is 13.5. The molecule has 2 fully saturated rings. The normalized spacial score (nSPS) is 18.0. The van der Waals surface area contributed by atoms with Crippen molar-refractivity contribution in [2.45, 2.75) is 37.5 Å². The molecule has 5 N–H and O–H groups in total. The number of aromatic nitrogens is 4. The second kappa shape index (κ2) is 16.6. The lowest BCUT2D eigenvalue weighted by Crippen LogP contribution is -2.38. The molecular weight excluding hydrogens is 722 g/mol. The molecule has 3 aliphatic heterocycles. The quantitative estimate of drug-likeness (QED) is 0.143. The molecule has 2 saturated heterocycles. The van der Waals surface area contributed by atoms with Crippen molar-refractivity contribution in [3.05, 3.63) is 65.9 Å². The van der Waals surface area contributed by atoms with E-state index in [-0.39, 0.29) is 67.4 Å². The van der Waals surface area contributed by atoms with Gasteiger partial charge in [-0.3, -0.25) is 9.69 Å². The van der Waals surface area contributed by atoms with Gasteiger partial charge in [0.05, 0.1) is 30.0 Å². The summed E-state index contributed by atoms with van der Waals surface area (Å²) < 4.78 is 55.4. The largest absolute Gasteiger partial charge is 0.475 e. The molecule has 0 radical (unpaired) electrons. The van der Waals surface area contributed by atoms with Crippen molar-refractivity contribution in [1.82, 2.24) is 30.2 Å². The van der Waals surface area contributed by atoms with Crippen molar-refractivity contribution >= 4 is 55.2 Å². The number of aldehydes is 1. The zero-order valence-corrected chi connectivity index (χ0v) is 30.5. The monoisotopic (exact) mass is 760 g/mol. The number of nitrogens with one attached hydrogen (secondary N) is 1. The number of ether oxygens (including phenoxy) is 2. The van der Waals surface area contributed by atoms with Gasteiger partial charge in [0.1, 0.15) is 64.2 Å². The fraction of sp³-hybridized carbons (Fsp3) is 0.351. The number of rotatable bonds is 7. The van der Waals surface area contributed by atoms with Gasteiger partial charge in [0.25, 0.3) is 0 Å². The highest BCUT2D eigenvalue weighted by atomic mass is 32.1. The van der Waals surface area contributed by atoms with Crippen LogP contribution in [0.3, 0.4) is 0 Å². The Morgan fingerprint density at radius 3 is 2.70 bits per heavy atom. The molecule has 0 bridgehead atoms. The number of nitrogen functional groups attached to an aromatic ring is 2. The van der Waals surface area contributed by atoms with E-state index in [4.69, 9.17) is 25.7 Å². The van der Waals surface area contributed by atoms with E-state index < -0.39 is 17.8 Å². The zero-order valence-electron chi connectivity index (χ0n) is 29.7. The van der Waals surface area contributed by atoms with Crippen molar-refractivity contribution < 1.29 is 27.4 Å². The highest BCUT2D eigenvalue weighted by Crippen LogP contribution is 2.45. The van der Waals surface area contributed by atoms with Gasteiger partial charge in [-0.25, -0.2) is 23.1 Å². The maximum absolute atomic E-state index is 16.5. The number of methoxy groups -OCH3 is 1. The molecule has 17 heteroatoms. The number of nitrogens with zero attached hydrogens (tertiary/aromatic N) is 7. The Balaban J connectivity index is 0.000000322. The highest BCUT2D eigenvalue weighted by Gasteiger charge is 2.35. The number of halogens is 3. The van der Waals surface area contributed by atoms with Crippen LogP contribution >= 0.6 is 11.3 Å². The van der Waals surface area contributed by atoms with E-state index in [1.165, 1.54) is 38.2 Å². The number of pyridine rings is 2. The second-order valence-electron chi connectivity index (χ2n) is 12.7. The molecule has 8 rings (SSSR count). The molecule has 4 aromatic heterocycles. The molecule has 54 heavy (non-hydrogen) atoms. The van der Waals surface area contributed by atoms with E-state index in [1.54, 1.807) is 12.3 Å². The molecule has 0 saturated carbocycles. The van der Waals surface area contributed by atoms with Crippen molar-refractivity contribution in [2.75, 3.05) is 63.3 Å². The number of anilines is 3. The van der Waals surface area contributed by atoms with Gasteiger partial charge in [-0.1, -0.05) is 12.6 Å². The number of hydrogen-bond acceptors (Lipinski definition) is 14. The number of carbonyl (C=O) groups excluding carboxylic acids is 1. The third-order valence-corrected chi connectivity index (χ3v) is 10.5. The predicted molar refractivity (Wildman–Crippen MR) is 202 cm³/mol. The number of carbonyl (C=O) groups is 1. The molecule has 0 spiro atoms. The molecule has 7 heterocycles. The molecule has 13 nitrogen and oxygen atoms in total. The van der Waals surface area contributed by atoms with Crippen molar-refractivity contribution in [1.29, 1.82) is 5.26 Å². The van der Waals surface area contributed by atoms with Gasteiger partial charge in [0.15, 0.2) is 5.82 Å². The molecule has 1 aromatic carbocycles. The number of allylic oxidation sites excluding steroid dienone is 1. The van der Waals surface area contributed by atoms with Gasteiger partial charge in [-0.05, 0) is 57.1 Å². The standard InChI is InChI=1S/C27H23F2N9O2S.C7H12FN.C3H4O/c1-33-11-16(12-4-3-7-34-23(12)31)38-8-9-40-26-18-21(36-27(39-2)37-25(18)38)19(29)20(35-26)13-5-6-15(28)22-17(13)14(10-30)24(32)41-22;8-6-4-7-2-1-3-9(7)5-6;1-2-3-4/h3-7,16,33H,8-9,11,32H2,1-2H3,(H2,31,34);6-7H,1-5H2;2-3H,1H2. The molecule has 5 aromatic rings. The van der Waals surface area contributed by atoms with Gasteiger partial charge >= 0.3 is 6.01 Å². The SMILES string of the molecule is C=CC=O.CNCC(c1cccnc1N)N1CCOc2nc(-c3ccc(F)c4sc(N)c(C#N)c34)c(F)c3nc(OC)nc1c23.FC1CC2CCCN2C1. The number of benzene rings is 1. The molecule has 3 atom stereocenters. The number of thiophene rings is 1. The van der Waals surface area contributed by atoms with Crippen LogP contribution in [-0.4, -0.2) is 90.3 Å². The second-order valence-corrected chi connectivity index (χ2v) is 13.7. The minimum atomic E-state index is -0.816. The van der Waals surface area contributed by atoms with Crippen molar-refractivity contribution in [3.63, 3.8) is 0 Å². The number of fused-ring (bicyclic) bond motifs is 2. The number of alkyl halides is 1. The van der Waals surface area contributed by atoms with Crippen LogP contribution in [0.2, 0.25) is 0 Å². The molecule has 3 aliphatic rings. The Labute approximate surface area is 313 Å². The first-order valence-corrected chi connectivity index (χ1v) is 18.0. The van der Waals surface area contributed by atoms with E-state index >= 15 is 4.39 Å². The Morgan fingerprint density at radius 1 is 1.22 bits per heavy atom. The van der Waals surface area contributed by atoms with Gasteiger partial charge < -0.3 is 31.2 Å². The summed E-state index contributed by atoms with van der Waals surface area (Å²) in [4.78, 5) is 31.0. The van der Waals surface area contributed by atoms with Gasteiger partial charge in [-0.15, -0.1) is 11.3 Å². The van der Waals surface area contributed by atoms with E-state index in [9.17, 15) is 14.0 Å². The molecule has 0 amide bonds. The number of likely N-dealkylation sites (N-methyl/N-ethyl adjacent to an activating group) is 1. The molecule has 3 unspecified atom stereocenters.